The molecule has 3 rings (SSSR count). The Balaban J connectivity index is 1.85. The minimum atomic E-state index is -0.447. The maximum Gasteiger partial charge on any atom is 0.375 e. The van der Waals surface area contributed by atoms with Crippen molar-refractivity contribution in [3.63, 3.8) is 0 Å². The average molecular weight is 317 g/mol. The Morgan fingerprint density at radius 2 is 2.27 bits per heavy atom. The predicted octanol–water partition coefficient (Wildman–Crippen LogP) is 3.49. The van der Waals surface area contributed by atoms with Gasteiger partial charge in [0.05, 0.1) is 12.8 Å². The van der Waals surface area contributed by atoms with Crippen LogP contribution in [0.2, 0.25) is 0 Å². The molecule has 1 atom stereocenters. The average Bonchev–Trinajstić information content (AvgIpc) is 3.05. The van der Waals surface area contributed by atoms with Crippen LogP contribution in [0.25, 0.3) is 0 Å². The second-order valence-corrected chi connectivity index (χ2v) is 5.84. The summed E-state index contributed by atoms with van der Waals surface area (Å²) >= 11 is 1.32. The lowest BCUT2D eigenvalue weighted by Gasteiger charge is -2.24. The Kier molecular flexibility index (Phi) is 4.11. The number of benzene rings is 1. The van der Waals surface area contributed by atoms with Crippen molar-refractivity contribution < 1.29 is 19.1 Å². The highest BCUT2D eigenvalue weighted by Crippen LogP contribution is 2.31. The molecule has 0 radical (unpaired) electrons. The second kappa shape index (κ2) is 6.19. The van der Waals surface area contributed by atoms with E-state index in [0.717, 1.165) is 5.56 Å². The number of nitrogens with zero attached hydrogens (tertiary/aromatic N) is 1. The minimum absolute atomic E-state index is 0.0428. The zero-order chi connectivity index (χ0) is 15.5. The smallest absolute Gasteiger partial charge is 0.375 e. The standard InChI is InChI=1S/C16H15NO4S/c1-10-8-13(17-21-16(18)15-4-3-7-22-15)12-6-5-11(19-2)9-14(12)20-10/h3-7,9-10H,8H2,1-2H3/b17-13-/t10-/m0/s1. The molecule has 0 aliphatic carbocycles. The van der Waals surface area contributed by atoms with Crippen LogP contribution in [0.1, 0.15) is 28.6 Å². The molecule has 0 unspecified atom stereocenters. The van der Waals surface area contributed by atoms with Gasteiger partial charge < -0.3 is 14.3 Å². The molecular formula is C16H15NO4S. The molecule has 0 N–H and O–H groups in total. The van der Waals surface area contributed by atoms with Crippen molar-refractivity contribution in [2.24, 2.45) is 5.16 Å². The van der Waals surface area contributed by atoms with E-state index in [1.165, 1.54) is 11.3 Å². The number of ether oxygens (including phenoxy) is 2. The van der Waals surface area contributed by atoms with Gasteiger partial charge in [-0.2, -0.15) is 0 Å². The molecule has 1 aliphatic rings. The van der Waals surface area contributed by atoms with Gasteiger partial charge >= 0.3 is 5.97 Å². The maximum atomic E-state index is 11.9. The first-order valence-electron chi connectivity index (χ1n) is 6.84. The summed E-state index contributed by atoms with van der Waals surface area (Å²) in [5.74, 6) is 0.948. The highest BCUT2D eigenvalue weighted by Gasteiger charge is 2.23. The van der Waals surface area contributed by atoms with Crippen molar-refractivity contribution in [3.05, 3.63) is 46.2 Å². The van der Waals surface area contributed by atoms with Gasteiger partial charge in [0.1, 0.15) is 22.5 Å². The summed E-state index contributed by atoms with van der Waals surface area (Å²) in [6.07, 6.45) is 0.538. The topological polar surface area (TPSA) is 57.1 Å². The number of methoxy groups -OCH3 is 1. The first-order valence-corrected chi connectivity index (χ1v) is 7.72. The number of rotatable bonds is 3. The van der Waals surface area contributed by atoms with Crippen LogP contribution in [0.5, 0.6) is 11.5 Å². The van der Waals surface area contributed by atoms with Crippen LogP contribution in [-0.2, 0) is 4.84 Å². The quantitative estimate of drug-likeness (QED) is 0.642. The van der Waals surface area contributed by atoms with E-state index in [4.69, 9.17) is 14.3 Å². The summed E-state index contributed by atoms with van der Waals surface area (Å²) in [6.45, 7) is 1.94. The van der Waals surface area contributed by atoms with Gasteiger partial charge in [0.2, 0.25) is 0 Å². The summed E-state index contributed by atoms with van der Waals surface area (Å²) in [4.78, 5) is 17.5. The normalized spacial score (nSPS) is 18.5. The molecule has 2 heterocycles. The molecule has 2 aromatic rings. The molecule has 1 aliphatic heterocycles. The van der Waals surface area contributed by atoms with Crippen LogP contribution in [0, 0.1) is 0 Å². The molecule has 114 valence electrons. The van der Waals surface area contributed by atoms with Gasteiger partial charge in [-0.15, -0.1) is 11.3 Å². The molecule has 5 nitrogen and oxygen atoms in total. The molecule has 0 fully saturated rings. The van der Waals surface area contributed by atoms with Gasteiger partial charge in [-0.05, 0) is 30.5 Å². The van der Waals surface area contributed by atoms with E-state index in [1.807, 2.05) is 30.5 Å². The Hall–Kier alpha value is -2.34. The molecule has 1 aromatic heterocycles. The Bertz CT molecular complexity index is 709. The third kappa shape index (κ3) is 2.96. The highest BCUT2D eigenvalue weighted by atomic mass is 32.1. The number of carbonyl (C=O) groups is 1. The molecule has 0 saturated carbocycles. The molecule has 0 amide bonds. The number of fused-ring (bicyclic) bond motifs is 1. The molecule has 6 heteroatoms. The van der Waals surface area contributed by atoms with Crippen molar-refractivity contribution >= 4 is 23.0 Å². The fourth-order valence-corrected chi connectivity index (χ4v) is 2.82. The van der Waals surface area contributed by atoms with Crippen LogP contribution < -0.4 is 9.47 Å². The first-order chi connectivity index (χ1) is 10.7. The van der Waals surface area contributed by atoms with Crippen LogP contribution in [0.3, 0.4) is 0 Å². The number of thiophene rings is 1. The van der Waals surface area contributed by atoms with Gasteiger partial charge in [0, 0.05) is 18.1 Å². The van der Waals surface area contributed by atoms with Crippen LogP contribution in [0.4, 0.5) is 0 Å². The zero-order valence-corrected chi connectivity index (χ0v) is 13.1. The van der Waals surface area contributed by atoms with E-state index >= 15 is 0 Å². The Morgan fingerprint density at radius 1 is 1.41 bits per heavy atom. The Labute approximate surface area is 132 Å². The van der Waals surface area contributed by atoms with E-state index in [1.54, 1.807) is 19.2 Å². The van der Waals surface area contributed by atoms with Crippen LogP contribution >= 0.6 is 11.3 Å². The lowest BCUT2D eigenvalue weighted by Crippen LogP contribution is -2.25. The first kappa shape index (κ1) is 14.6. The summed E-state index contributed by atoms with van der Waals surface area (Å²) in [6, 6.07) is 9.00. The monoisotopic (exact) mass is 317 g/mol. The molecular weight excluding hydrogens is 302 g/mol. The largest absolute Gasteiger partial charge is 0.497 e. The number of hydrogen-bond acceptors (Lipinski definition) is 6. The Morgan fingerprint density at radius 3 is 3.00 bits per heavy atom. The summed E-state index contributed by atoms with van der Waals surface area (Å²) in [5, 5.41) is 5.86. The third-order valence-electron chi connectivity index (χ3n) is 3.27. The minimum Gasteiger partial charge on any atom is -0.497 e. The van der Waals surface area contributed by atoms with E-state index in [0.29, 0.717) is 28.5 Å². The highest BCUT2D eigenvalue weighted by molar-refractivity contribution is 7.11. The van der Waals surface area contributed by atoms with Crippen LogP contribution in [-0.4, -0.2) is 24.9 Å². The lowest BCUT2D eigenvalue weighted by atomic mass is 10.0. The molecule has 0 bridgehead atoms. The molecule has 22 heavy (non-hydrogen) atoms. The van der Waals surface area contributed by atoms with Gasteiger partial charge in [-0.1, -0.05) is 11.2 Å². The van der Waals surface area contributed by atoms with Crippen molar-refractivity contribution in [2.75, 3.05) is 7.11 Å². The van der Waals surface area contributed by atoms with E-state index in [2.05, 4.69) is 5.16 Å². The summed E-state index contributed by atoms with van der Waals surface area (Å²) in [5.41, 5.74) is 1.51. The van der Waals surface area contributed by atoms with E-state index in [9.17, 15) is 4.79 Å². The third-order valence-corrected chi connectivity index (χ3v) is 4.12. The van der Waals surface area contributed by atoms with Crippen molar-refractivity contribution in [1.82, 2.24) is 0 Å². The van der Waals surface area contributed by atoms with Gasteiger partial charge in [-0.25, -0.2) is 4.79 Å². The molecule has 1 aromatic carbocycles. The van der Waals surface area contributed by atoms with Crippen molar-refractivity contribution in [2.45, 2.75) is 19.4 Å². The van der Waals surface area contributed by atoms with E-state index in [-0.39, 0.29) is 6.10 Å². The van der Waals surface area contributed by atoms with Crippen molar-refractivity contribution in [3.8, 4) is 11.5 Å². The van der Waals surface area contributed by atoms with Crippen molar-refractivity contribution in [1.29, 1.82) is 0 Å². The fraction of sp³-hybridized carbons (Fsp3) is 0.250. The number of carbonyl (C=O) groups excluding carboxylic acids is 1. The maximum absolute atomic E-state index is 11.9. The van der Waals surface area contributed by atoms with Gasteiger partial charge in [0.25, 0.3) is 0 Å². The fourth-order valence-electron chi connectivity index (χ4n) is 2.23. The summed E-state index contributed by atoms with van der Waals surface area (Å²) in [7, 11) is 1.60. The summed E-state index contributed by atoms with van der Waals surface area (Å²) < 4.78 is 11.0. The molecule has 0 saturated heterocycles. The number of hydrogen-bond donors (Lipinski definition) is 0. The predicted molar refractivity (Wildman–Crippen MR) is 84.0 cm³/mol. The SMILES string of the molecule is COc1ccc2c(c1)O[C@@H](C)C/C2=N/OC(=O)c1cccs1. The van der Waals surface area contributed by atoms with Crippen LogP contribution in [0.15, 0.2) is 40.9 Å². The number of oxime groups is 1. The van der Waals surface area contributed by atoms with Gasteiger partial charge in [-0.3, -0.25) is 0 Å². The zero-order valence-electron chi connectivity index (χ0n) is 12.2. The lowest BCUT2D eigenvalue weighted by molar-refractivity contribution is 0.0519. The molecule has 0 spiro atoms. The van der Waals surface area contributed by atoms with Gasteiger partial charge in [0.15, 0.2) is 0 Å². The second-order valence-electron chi connectivity index (χ2n) is 4.89. The van der Waals surface area contributed by atoms with E-state index < -0.39 is 5.97 Å².